The Hall–Kier alpha value is -1.33. The van der Waals surface area contributed by atoms with Gasteiger partial charge in [-0.25, -0.2) is 9.18 Å². The third kappa shape index (κ3) is 5.08. The maximum Gasteiger partial charge on any atom is 0.408 e. The van der Waals surface area contributed by atoms with Crippen LogP contribution in [0.1, 0.15) is 65.7 Å². The molecular formula is C18H31FN2O3. The molecule has 5 nitrogen and oxygen atoms in total. The highest BCUT2D eigenvalue weighted by Gasteiger charge is 2.38. The first-order valence-corrected chi connectivity index (χ1v) is 9.18. The molecule has 0 unspecified atom stereocenters. The zero-order chi connectivity index (χ0) is 17.7. The molecule has 24 heavy (non-hydrogen) atoms. The normalized spacial score (nSPS) is 23.8. The number of carbonyl (C=O) groups excluding carboxylic acids is 2. The van der Waals surface area contributed by atoms with Crippen molar-refractivity contribution in [1.29, 1.82) is 0 Å². The third-order valence-electron chi connectivity index (χ3n) is 4.90. The molecule has 1 saturated carbocycles. The molecule has 1 saturated heterocycles. The van der Waals surface area contributed by atoms with Crippen molar-refractivity contribution in [1.82, 2.24) is 10.2 Å². The zero-order valence-electron chi connectivity index (χ0n) is 15.1. The summed E-state index contributed by atoms with van der Waals surface area (Å²) in [6.07, 6.45) is 6.09. The van der Waals surface area contributed by atoms with E-state index in [0.717, 1.165) is 32.1 Å². The van der Waals surface area contributed by atoms with Crippen LogP contribution in [0, 0.1) is 5.92 Å². The van der Waals surface area contributed by atoms with Gasteiger partial charge in [-0.2, -0.15) is 0 Å². The molecule has 2 atom stereocenters. The van der Waals surface area contributed by atoms with E-state index in [2.05, 4.69) is 5.32 Å². The molecule has 1 heterocycles. The number of rotatable bonds is 4. The van der Waals surface area contributed by atoms with Gasteiger partial charge in [-0.1, -0.05) is 19.3 Å². The van der Waals surface area contributed by atoms with E-state index in [0.29, 0.717) is 13.0 Å². The molecule has 2 fully saturated rings. The third-order valence-corrected chi connectivity index (χ3v) is 4.90. The Bertz CT molecular complexity index is 444. The van der Waals surface area contributed by atoms with Crippen LogP contribution in [0.3, 0.4) is 0 Å². The average Bonchev–Trinajstić information content (AvgIpc) is 2.99. The first-order chi connectivity index (χ1) is 11.3. The van der Waals surface area contributed by atoms with Crippen LogP contribution in [0.15, 0.2) is 0 Å². The molecule has 0 spiro atoms. The summed E-state index contributed by atoms with van der Waals surface area (Å²) in [5, 5.41) is 2.79. The van der Waals surface area contributed by atoms with Crippen LogP contribution in [-0.4, -0.2) is 47.8 Å². The van der Waals surface area contributed by atoms with E-state index >= 15 is 0 Å². The van der Waals surface area contributed by atoms with E-state index < -0.39 is 24.4 Å². The summed E-state index contributed by atoms with van der Waals surface area (Å²) in [6, 6.07) is -0.948. The number of nitrogens with zero attached hydrogens (tertiary/aromatic N) is 1. The predicted octanol–water partition coefficient (Wildman–Crippen LogP) is 3.42. The van der Waals surface area contributed by atoms with Gasteiger partial charge in [0.2, 0.25) is 5.91 Å². The first kappa shape index (κ1) is 19.0. The summed E-state index contributed by atoms with van der Waals surface area (Å²) in [4.78, 5) is 26.8. The Morgan fingerprint density at radius 3 is 2.42 bits per heavy atom. The molecule has 0 bridgehead atoms. The molecule has 1 aliphatic heterocycles. The highest BCUT2D eigenvalue weighted by atomic mass is 19.1. The summed E-state index contributed by atoms with van der Waals surface area (Å²) >= 11 is 0. The van der Waals surface area contributed by atoms with E-state index in [-0.39, 0.29) is 17.9 Å². The smallest absolute Gasteiger partial charge is 0.408 e. The van der Waals surface area contributed by atoms with Crippen molar-refractivity contribution in [2.45, 2.75) is 83.4 Å². The molecule has 0 radical (unpaired) electrons. The highest BCUT2D eigenvalue weighted by molar-refractivity contribution is 5.86. The molecule has 0 aromatic carbocycles. The standard InChI is InChI=1S/C18H31FN2O3/c1-18(2,3)24-17(23)20-15(13-8-5-4-6-9-13)16(22)21-11-7-10-14(21)12-19/h13-15H,4-12H2,1-3H3,(H,20,23)/t14-,15-/m0/s1. The minimum absolute atomic E-state index is 0.111. The van der Waals surface area contributed by atoms with E-state index in [1.54, 1.807) is 25.7 Å². The fourth-order valence-corrected chi connectivity index (χ4v) is 3.75. The van der Waals surface area contributed by atoms with E-state index in [1.165, 1.54) is 6.42 Å². The monoisotopic (exact) mass is 342 g/mol. The molecule has 1 N–H and O–H groups in total. The van der Waals surface area contributed by atoms with Crippen LogP contribution < -0.4 is 5.32 Å². The number of hydrogen-bond donors (Lipinski definition) is 1. The largest absolute Gasteiger partial charge is 0.444 e. The molecule has 0 aromatic rings. The number of carbonyl (C=O) groups is 2. The van der Waals surface area contributed by atoms with Crippen molar-refractivity contribution >= 4 is 12.0 Å². The molecule has 1 aliphatic carbocycles. The number of hydrogen-bond acceptors (Lipinski definition) is 3. The van der Waals surface area contributed by atoms with Gasteiger partial charge in [0.25, 0.3) is 0 Å². The van der Waals surface area contributed by atoms with Crippen molar-refractivity contribution < 1.29 is 18.7 Å². The van der Waals surface area contributed by atoms with Crippen LogP contribution in [-0.2, 0) is 9.53 Å². The molecule has 2 rings (SSSR count). The average molecular weight is 342 g/mol. The Morgan fingerprint density at radius 1 is 1.17 bits per heavy atom. The van der Waals surface area contributed by atoms with Gasteiger partial charge in [0, 0.05) is 6.54 Å². The number of nitrogens with one attached hydrogen (secondary N) is 1. The van der Waals surface area contributed by atoms with Gasteiger partial charge in [-0.05, 0) is 52.4 Å². The molecular weight excluding hydrogens is 311 g/mol. The predicted molar refractivity (Wildman–Crippen MR) is 90.4 cm³/mol. The maximum absolute atomic E-state index is 13.2. The van der Waals surface area contributed by atoms with Crippen LogP contribution in [0.2, 0.25) is 0 Å². The minimum atomic E-state index is -0.612. The van der Waals surface area contributed by atoms with Crippen LogP contribution in [0.4, 0.5) is 9.18 Å². The summed E-state index contributed by atoms with van der Waals surface area (Å²) in [5.74, 6) is -0.0347. The number of amides is 2. The van der Waals surface area contributed by atoms with Gasteiger partial charge >= 0.3 is 6.09 Å². The number of alkyl halides is 1. The van der Waals surface area contributed by atoms with E-state index in [1.807, 2.05) is 0 Å². The lowest BCUT2D eigenvalue weighted by Gasteiger charge is -2.34. The quantitative estimate of drug-likeness (QED) is 0.851. The van der Waals surface area contributed by atoms with Gasteiger partial charge in [0.15, 0.2) is 0 Å². The second kappa shape index (κ2) is 8.17. The SMILES string of the molecule is CC(C)(C)OC(=O)N[C@H](C(=O)N1CCC[C@H]1CF)C1CCCCC1. The van der Waals surface area contributed by atoms with Gasteiger partial charge in [0.1, 0.15) is 18.3 Å². The van der Waals surface area contributed by atoms with Crippen molar-refractivity contribution in [3.63, 3.8) is 0 Å². The second-order valence-electron chi connectivity index (χ2n) is 8.00. The number of halogens is 1. The molecule has 6 heteroatoms. The minimum Gasteiger partial charge on any atom is -0.444 e. The van der Waals surface area contributed by atoms with E-state index in [4.69, 9.17) is 4.74 Å². The summed E-state index contributed by atoms with van der Waals surface area (Å²) in [7, 11) is 0. The summed E-state index contributed by atoms with van der Waals surface area (Å²) in [5.41, 5.74) is -0.612. The lowest BCUT2D eigenvalue weighted by Crippen LogP contribution is -2.54. The van der Waals surface area contributed by atoms with Gasteiger partial charge in [-0.15, -0.1) is 0 Å². The fourth-order valence-electron chi connectivity index (χ4n) is 3.75. The van der Waals surface area contributed by atoms with E-state index in [9.17, 15) is 14.0 Å². The van der Waals surface area contributed by atoms with Crippen molar-refractivity contribution in [2.24, 2.45) is 5.92 Å². The van der Waals surface area contributed by atoms with Gasteiger partial charge in [0.05, 0.1) is 6.04 Å². The fraction of sp³-hybridized carbons (Fsp3) is 0.889. The molecule has 138 valence electrons. The van der Waals surface area contributed by atoms with Gasteiger partial charge < -0.3 is 15.0 Å². The zero-order valence-corrected chi connectivity index (χ0v) is 15.1. The van der Waals surface area contributed by atoms with Crippen LogP contribution >= 0.6 is 0 Å². The molecule has 2 amide bonds. The Morgan fingerprint density at radius 2 is 1.83 bits per heavy atom. The van der Waals surface area contributed by atoms with Crippen molar-refractivity contribution in [3.8, 4) is 0 Å². The Balaban J connectivity index is 2.09. The van der Waals surface area contributed by atoms with Gasteiger partial charge in [-0.3, -0.25) is 4.79 Å². The lowest BCUT2D eigenvalue weighted by molar-refractivity contribution is -0.136. The van der Waals surface area contributed by atoms with Crippen LogP contribution in [0.5, 0.6) is 0 Å². The first-order valence-electron chi connectivity index (χ1n) is 9.18. The lowest BCUT2D eigenvalue weighted by atomic mass is 9.83. The summed E-state index contributed by atoms with van der Waals surface area (Å²) in [6.45, 7) is 5.44. The number of ether oxygens (including phenoxy) is 1. The van der Waals surface area contributed by atoms with Crippen molar-refractivity contribution in [2.75, 3.05) is 13.2 Å². The second-order valence-corrected chi connectivity index (χ2v) is 8.00. The summed E-state index contributed by atoms with van der Waals surface area (Å²) < 4.78 is 18.5. The van der Waals surface area contributed by atoms with Crippen molar-refractivity contribution in [3.05, 3.63) is 0 Å². The maximum atomic E-state index is 13.2. The Kier molecular flexibility index (Phi) is 6.47. The number of alkyl carbamates (subject to hydrolysis) is 1. The Labute approximate surface area is 144 Å². The molecule has 0 aromatic heterocycles. The molecule has 2 aliphatic rings. The van der Waals surface area contributed by atoms with Crippen LogP contribution in [0.25, 0.3) is 0 Å². The highest BCUT2D eigenvalue weighted by Crippen LogP contribution is 2.29. The number of likely N-dealkylation sites (tertiary alicyclic amines) is 1. The topological polar surface area (TPSA) is 58.6 Å².